The third-order valence-electron chi connectivity index (χ3n) is 3.72. The minimum atomic E-state index is -3.64. The molecule has 0 saturated carbocycles. The molecule has 1 atom stereocenters. The van der Waals surface area contributed by atoms with Crippen molar-refractivity contribution < 1.29 is 17.9 Å². The summed E-state index contributed by atoms with van der Waals surface area (Å²) in [7, 11) is -0.616. The van der Waals surface area contributed by atoms with Crippen LogP contribution in [0.1, 0.15) is 16.4 Å². The summed E-state index contributed by atoms with van der Waals surface area (Å²) in [6.45, 7) is 1.85. The van der Waals surface area contributed by atoms with E-state index in [2.05, 4.69) is 0 Å². The number of rotatable bonds is 6. The zero-order valence-electron chi connectivity index (χ0n) is 13.4. The molecule has 2 aromatic carbocycles. The highest BCUT2D eigenvalue weighted by atomic mass is 32.2. The van der Waals surface area contributed by atoms with Crippen molar-refractivity contribution in [2.24, 2.45) is 5.73 Å². The van der Waals surface area contributed by atoms with E-state index in [9.17, 15) is 8.42 Å². The standard InChI is InChI=1S/C17H21NO4S/c1-12-4-7-14(8-5-12)23(19,20)17(11-18)15-10-13(21-2)6-9-16(15)22-3/h4-10,17H,11,18H2,1-3H3/t17-/m1/s1. The van der Waals surface area contributed by atoms with Gasteiger partial charge in [0.05, 0.1) is 19.1 Å². The van der Waals surface area contributed by atoms with E-state index in [1.54, 1.807) is 42.5 Å². The van der Waals surface area contributed by atoms with Crippen LogP contribution in [0.4, 0.5) is 0 Å². The Labute approximate surface area is 137 Å². The third-order valence-corrected chi connectivity index (χ3v) is 5.85. The molecule has 0 aliphatic heterocycles. The predicted octanol–water partition coefficient (Wildman–Crippen LogP) is 2.49. The summed E-state index contributed by atoms with van der Waals surface area (Å²) in [6, 6.07) is 11.8. The molecular formula is C17H21NO4S. The van der Waals surface area contributed by atoms with Gasteiger partial charge >= 0.3 is 0 Å². The van der Waals surface area contributed by atoms with Crippen molar-refractivity contribution in [2.75, 3.05) is 20.8 Å². The number of methoxy groups -OCH3 is 2. The second kappa shape index (κ2) is 7.02. The zero-order chi connectivity index (χ0) is 17.0. The van der Waals surface area contributed by atoms with Gasteiger partial charge in [-0.3, -0.25) is 0 Å². The van der Waals surface area contributed by atoms with Gasteiger partial charge in [0.15, 0.2) is 9.84 Å². The number of hydrogen-bond acceptors (Lipinski definition) is 5. The lowest BCUT2D eigenvalue weighted by atomic mass is 10.1. The first-order valence-electron chi connectivity index (χ1n) is 7.16. The van der Waals surface area contributed by atoms with Gasteiger partial charge in [0.25, 0.3) is 0 Å². The summed E-state index contributed by atoms with van der Waals surface area (Å²) in [6.07, 6.45) is 0. The van der Waals surface area contributed by atoms with Crippen molar-refractivity contribution in [3.63, 3.8) is 0 Å². The summed E-state index contributed by atoms with van der Waals surface area (Å²) in [5.41, 5.74) is 7.29. The summed E-state index contributed by atoms with van der Waals surface area (Å²) in [5.74, 6) is 1.02. The summed E-state index contributed by atoms with van der Waals surface area (Å²) in [5, 5.41) is -0.907. The van der Waals surface area contributed by atoms with Gasteiger partial charge in [-0.05, 0) is 37.3 Å². The Morgan fingerprint density at radius 2 is 1.70 bits per heavy atom. The van der Waals surface area contributed by atoms with Crippen LogP contribution in [0, 0.1) is 6.92 Å². The second-order valence-corrected chi connectivity index (χ2v) is 7.32. The summed E-state index contributed by atoms with van der Waals surface area (Å²) in [4.78, 5) is 0.239. The van der Waals surface area contributed by atoms with E-state index < -0.39 is 15.1 Å². The molecule has 0 amide bonds. The van der Waals surface area contributed by atoms with E-state index in [0.29, 0.717) is 17.1 Å². The molecule has 124 valence electrons. The van der Waals surface area contributed by atoms with Crippen LogP contribution < -0.4 is 15.2 Å². The highest BCUT2D eigenvalue weighted by Crippen LogP contribution is 2.36. The molecule has 0 aliphatic carbocycles. The van der Waals surface area contributed by atoms with E-state index >= 15 is 0 Å². The molecule has 0 bridgehead atoms. The van der Waals surface area contributed by atoms with E-state index in [-0.39, 0.29) is 11.4 Å². The molecule has 6 heteroatoms. The molecule has 0 saturated heterocycles. The van der Waals surface area contributed by atoms with Crippen molar-refractivity contribution in [3.8, 4) is 11.5 Å². The molecule has 0 aromatic heterocycles. The average molecular weight is 335 g/mol. The van der Waals surface area contributed by atoms with Crippen LogP contribution in [0.3, 0.4) is 0 Å². The van der Waals surface area contributed by atoms with Crippen molar-refractivity contribution in [1.29, 1.82) is 0 Å². The summed E-state index contributed by atoms with van der Waals surface area (Å²) < 4.78 is 36.4. The van der Waals surface area contributed by atoms with Crippen LogP contribution in [0.25, 0.3) is 0 Å². The largest absolute Gasteiger partial charge is 0.497 e. The molecule has 0 aliphatic rings. The lowest BCUT2D eigenvalue weighted by Crippen LogP contribution is -2.23. The zero-order valence-corrected chi connectivity index (χ0v) is 14.3. The Balaban J connectivity index is 2.56. The molecule has 0 radical (unpaired) electrons. The Bertz CT molecular complexity index is 770. The van der Waals surface area contributed by atoms with Gasteiger partial charge in [-0.25, -0.2) is 8.42 Å². The lowest BCUT2D eigenvalue weighted by molar-refractivity contribution is 0.398. The Kier molecular flexibility index (Phi) is 5.28. The summed E-state index contributed by atoms with van der Waals surface area (Å²) >= 11 is 0. The van der Waals surface area contributed by atoms with Crippen molar-refractivity contribution in [1.82, 2.24) is 0 Å². The Morgan fingerprint density at radius 1 is 1.04 bits per heavy atom. The van der Waals surface area contributed by atoms with E-state index in [1.165, 1.54) is 14.2 Å². The Hall–Kier alpha value is -2.05. The minimum absolute atomic E-state index is 0.0558. The molecule has 0 heterocycles. The van der Waals surface area contributed by atoms with E-state index in [0.717, 1.165) is 5.56 Å². The smallest absolute Gasteiger partial charge is 0.186 e. The number of benzene rings is 2. The number of ether oxygens (including phenoxy) is 2. The normalized spacial score (nSPS) is 12.7. The highest BCUT2D eigenvalue weighted by molar-refractivity contribution is 7.91. The first kappa shape index (κ1) is 17.3. The first-order valence-corrected chi connectivity index (χ1v) is 8.71. The topological polar surface area (TPSA) is 78.6 Å². The first-order chi connectivity index (χ1) is 10.9. The molecule has 23 heavy (non-hydrogen) atoms. The van der Waals surface area contributed by atoms with Gasteiger partial charge < -0.3 is 15.2 Å². The molecule has 2 rings (SSSR count). The van der Waals surface area contributed by atoms with Crippen LogP contribution >= 0.6 is 0 Å². The number of sulfone groups is 1. The third kappa shape index (κ3) is 3.48. The maximum absolute atomic E-state index is 13.0. The molecule has 5 nitrogen and oxygen atoms in total. The van der Waals surface area contributed by atoms with Crippen LogP contribution in [0.2, 0.25) is 0 Å². The van der Waals surface area contributed by atoms with Crippen LogP contribution in [0.15, 0.2) is 47.4 Å². The predicted molar refractivity (Wildman–Crippen MR) is 89.7 cm³/mol. The molecule has 0 unspecified atom stereocenters. The molecule has 2 aromatic rings. The maximum atomic E-state index is 13.0. The average Bonchev–Trinajstić information content (AvgIpc) is 2.55. The van der Waals surface area contributed by atoms with E-state index in [1.807, 2.05) is 6.92 Å². The maximum Gasteiger partial charge on any atom is 0.186 e. The van der Waals surface area contributed by atoms with Gasteiger partial charge in [0, 0.05) is 12.1 Å². The van der Waals surface area contributed by atoms with Gasteiger partial charge in [0.2, 0.25) is 0 Å². The second-order valence-electron chi connectivity index (χ2n) is 5.19. The lowest BCUT2D eigenvalue weighted by Gasteiger charge is -2.20. The van der Waals surface area contributed by atoms with Gasteiger partial charge in [0.1, 0.15) is 16.7 Å². The fraction of sp³-hybridized carbons (Fsp3) is 0.294. The van der Waals surface area contributed by atoms with Crippen molar-refractivity contribution in [3.05, 3.63) is 53.6 Å². The SMILES string of the molecule is COc1ccc(OC)c([C@@H](CN)S(=O)(=O)c2ccc(C)cc2)c1. The van der Waals surface area contributed by atoms with Crippen molar-refractivity contribution in [2.45, 2.75) is 17.1 Å². The number of hydrogen-bond donors (Lipinski definition) is 1. The molecule has 0 fully saturated rings. The quantitative estimate of drug-likeness (QED) is 0.877. The highest BCUT2D eigenvalue weighted by Gasteiger charge is 2.30. The number of nitrogens with two attached hydrogens (primary N) is 1. The van der Waals surface area contributed by atoms with E-state index in [4.69, 9.17) is 15.2 Å². The van der Waals surface area contributed by atoms with Crippen LogP contribution in [-0.2, 0) is 9.84 Å². The van der Waals surface area contributed by atoms with Crippen LogP contribution in [0.5, 0.6) is 11.5 Å². The van der Waals surface area contributed by atoms with Gasteiger partial charge in [-0.15, -0.1) is 0 Å². The number of aryl methyl sites for hydroxylation is 1. The fourth-order valence-electron chi connectivity index (χ4n) is 2.40. The molecule has 2 N–H and O–H groups in total. The molecular weight excluding hydrogens is 314 g/mol. The van der Waals surface area contributed by atoms with Gasteiger partial charge in [-0.2, -0.15) is 0 Å². The van der Waals surface area contributed by atoms with Gasteiger partial charge in [-0.1, -0.05) is 17.7 Å². The fourth-order valence-corrected chi connectivity index (χ4v) is 4.02. The molecule has 0 spiro atoms. The van der Waals surface area contributed by atoms with Crippen LogP contribution in [-0.4, -0.2) is 29.2 Å². The Morgan fingerprint density at radius 3 is 2.22 bits per heavy atom. The van der Waals surface area contributed by atoms with Crippen molar-refractivity contribution >= 4 is 9.84 Å². The minimum Gasteiger partial charge on any atom is -0.497 e. The monoisotopic (exact) mass is 335 g/mol.